The molecule has 1 heterocycles. The van der Waals surface area contributed by atoms with Gasteiger partial charge in [-0.2, -0.15) is 13.2 Å². The number of amides is 1. The second-order valence-corrected chi connectivity index (χ2v) is 1.84. The van der Waals surface area contributed by atoms with E-state index in [9.17, 15) is 18.0 Å². The van der Waals surface area contributed by atoms with Crippen LogP contribution in [0.25, 0.3) is 0 Å². The predicted molar refractivity (Wildman–Crippen MR) is 29.6 cm³/mol. The van der Waals surface area contributed by atoms with Crippen LogP contribution in [0.4, 0.5) is 13.2 Å². The third-order valence-electron chi connectivity index (χ3n) is 0.970. The van der Waals surface area contributed by atoms with E-state index >= 15 is 0 Å². The Morgan fingerprint density at radius 1 is 1.36 bits per heavy atom. The zero-order valence-corrected chi connectivity index (χ0v) is 5.20. The summed E-state index contributed by atoms with van der Waals surface area (Å²) < 4.78 is 35.2. The minimum absolute atomic E-state index is 0.484. The molecule has 0 unspecified atom stereocenters. The van der Waals surface area contributed by atoms with Crippen LogP contribution in [-0.4, -0.2) is 24.5 Å². The van der Waals surface area contributed by atoms with Gasteiger partial charge in [0, 0.05) is 0 Å². The lowest BCUT2D eigenvalue weighted by molar-refractivity contribution is -0.121. The Hall–Kier alpha value is -1.27. The smallest absolute Gasteiger partial charge is 0.278 e. The van der Waals surface area contributed by atoms with Gasteiger partial charge in [-0.25, -0.2) is 0 Å². The van der Waals surface area contributed by atoms with E-state index < -0.39 is 24.5 Å². The first-order valence-corrected chi connectivity index (χ1v) is 2.66. The second-order valence-electron chi connectivity index (χ2n) is 1.84. The van der Waals surface area contributed by atoms with Crippen LogP contribution in [0.5, 0.6) is 0 Å². The Balaban J connectivity index is 2.69. The van der Waals surface area contributed by atoms with Crippen molar-refractivity contribution in [2.24, 2.45) is 4.99 Å². The average molecular weight is 167 g/mol. The van der Waals surface area contributed by atoms with Crippen LogP contribution in [0.15, 0.2) is 4.99 Å². The van der Waals surface area contributed by atoms with E-state index in [1.165, 1.54) is 0 Å². The minimum atomic E-state index is -4.52. The Kier molecular flexibility index (Phi) is 1.71. The maximum Gasteiger partial charge on any atom is 0.450 e. The molecule has 0 spiro atoms. The summed E-state index contributed by atoms with van der Waals surface area (Å²) in [6, 6.07) is 0. The number of aliphatic imine (C=N–C) groups is 1. The lowest BCUT2D eigenvalue weighted by atomic mass is 10.5. The number of nitrogens with zero attached hydrogens (tertiary/aromatic N) is 1. The van der Waals surface area contributed by atoms with Crippen molar-refractivity contribution in [1.82, 2.24) is 10.9 Å². The number of carbonyl (C=O) groups excluding carboxylic acids is 1. The van der Waals surface area contributed by atoms with Gasteiger partial charge in [0.25, 0.3) is 5.91 Å². The molecule has 0 aliphatic carbocycles. The molecule has 0 radical (unpaired) electrons. The highest BCUT2D eigenvalue weighted by Gasteiger charge is 2.37. The quantitative estimate of drug-likeness (QED) is 0.515. The van der Waals surface area contributed by atoms with Gasteiger partial charge in [0.2, 0.25) is 5.84 Å². The molecule has 0 saturated carbocycles. The summed E-state index contributed by atoms with van der Waals surface area (Å²) in [5.74, 6) is -1.75. The standard InChI is InChI=1S/C4H4F3N3O/c5-4(6,7)3-8-1-2(11)9-10-3/h1H2,(H,8,10)(H,9,11). The Bertz CT molecular complexity index is 209. The molecule has 0 aromatic rings. The zero-order chi connectivity index (χ0) is 8.48. The van der Waals surface area contributed by atoms with Crippen LogP contribution in [0.3, 0.4) is 0 Å². The Labute approximate surface area is 59.5 Å². The number of hydrogen-bond donors (Lipinski definition) is 2. The van der Waals surface area contributed by atoms with Crippen LogP contribution < -0.4 is 10.9 Å². The van der Waals surface area contributed by atoms with Crippen molar-refractivity contribution in [3.8, 4) is 0 Å². The van der Waals surface area contributed by atoms with Crippen molar-refractivity contribution >= 4 is 11.7 Å². The van der Waals surface area contributed by atoms with Gasteiger partial charge in [0.15, 0.2) is 0 Å². The lowest BCUT2D eigenvalue weighted by Crippen LogP contribution is -2.52. The van der Waals surface area contributed by atoms with Gasteiger partial charge in [-0.1, -0.05) is 0 Å². The number of halogens is 3. The summed E-state index contributed by atoms with van der Waals surface area (Å²) >= 11 is 0. The molecule has 11 heavy (non-hydrogen) atoms. The normalized spacial score (nSPS) is 18.5. The van der Waals surface area contributed by atoms with Crippen molar-refractivity contribution in [3.63, 3.8) is 0 Å². The first-order chi connectivity index (χ1) is 5.00. The molecule has 2 N–H and O–H groups in total. The molecule has 4 nitrogen and oxygen atoms in total. The Morgan fingerprint density at radius 3 is 2.36 bits per heavy atom. The second kappa shape index (κ2) is 2.40. The van der Waals surface area contributed by atoms with E-state index in [1.807, 2.05) is 0 Å². The maximum atomic E-state index is 11.7. The van der Waals surface area contributed by atoms with Gasteiger partial charge in [-0.15, -0.1) is 0 Å². The molecule has 1 rings (SSSR count). The van der Waals surface area contributed by atoms with E-state index in [0.717, 1.165) is 0 Å². The molecular formula is C4H4F3N3O. The number of hydrogen-bond acceptors (Lipinski definition) is 3. The van der Waals surface area contributed by atoms with E-state index in [1.54, 1.807) is 10.9 Å². The first-order valence-electron chi connectivity index (χ1n) is 2.66. The summed E-state index contributed by atoms with van der Waals surface area (Å²) in [7, 11) is 0. The number of amidine groups is 1. The molecule has 0 aromatic carbocycles. The molecule has 1 amide bonds. The number of rotatable bonds is 0. The average Bonchev–Trinajstić information content (AvgIpc) is 1.86. The van der Waals surface area contributed by atoms with Gasteiger partial charge in [0.1, 0.15) is 6.54 Å². The molecule has 62 valence electrons. The van der Waals surface area contributed by atoms with E-state index in [4.69, 9.17) is 0 Å². The number of hydrazine groups is 1. The zero-order valence-electron chi connectivity index (χ0n) is 5.20. The fourth-order valence-electron chi connectivity index (χ4n) is 0.519. The molecule has 0 fully saturated rings. The molecule has 0 atom stereocenters. The van der Waals surface area contributed by atoms with E-state index in [0.29, 0.717) is 0 Å². The molecule has 7 heteroatoms. The minimum Gasteiger partial charge on any atom is -0.278 e. The SMILES string of the molecule is O=C1CN=C(C(F)(F)F)NN1. The summed E-state index contributed by atoms with van der Waals surface area (Å²) in [5, 5.41) is 0. The first kappa shape index (κ1) is 7.83. The lowest BCUT2D eigenvalue weighted by Gasteiger charge is -2.16. The van der Waals surface area contributed by atoms with Gasteiger partial charge < -0.3 is 0 Å². The Morgan fingerprint density at radius 2 is 2.00 bits per heavy atom. The van der Waals surface area contributed by atoms with Crippen LogP contribution in [0.1, 0.15) is 0 Å². The molecular weight excluding hydrogens is 163 g/mol. The van der Waals surface area contributed by atoms with Crippen LogP contribution in [-0.2, 0) is 4.79 Å². The highest BCUT2D eigenvalue weighted by molar-refractivity contribution is 5.94. The van der Waals surface area contributed by atoms with Gasteiger partial charge in [-0.3, -0.25) is 20.6 Å². The van der Waals surface area contributed by atoms with Crippen molar-refractivity contribution in [2.45, 2.75) is 6.18 Å². The van der Waals surface area contributed by atoms with Crippen molar-refractivity contribution < 1.29 is 18.0 Å². The number of nitrogens with one attached hydrogen (secondary N) is 2. The van der Waals surface area contributed by atoms with E-state index in [-0.39, 0.29) is 0 Å². The molecule has 1 aliphatic rings. The van der Waals surface area contributed by atoms with Gasteiger partial charge >= 0.3 is 6.18 Å². The highest BCUT2D eigenvalue weighted by atomic mass is 19.4. The third-order valence-corrected chi connectivity index (χ3v) is 0.970. The van der Waals surface area contributed by atoms with Crippen molar-refractivity contribution in [2.75, 3.05) is 6.54 Å². The summed E-state index contributed by atoms with van der Waals surface area (Å²) in [6.07, 6.45) is -4.52. The fraction of sp³-hybridized carbons (Fsp3) is 0.500. The van der Waals surface area contributed by atoms with Gasteiger partial charge in [0.05, 0.1) is 0 Å². The topological polar surface area (TPSA) is 53.5 Å². The third kappa shape index (κ3) is 1.82. The predicted octanol–water partition coefficient (Wildman–Crippen LogP) is -0.418. The molecule has 0 saturated heterocycles. The number of alkyl halides is 3. The van der Waals surface area contributed by atoms with Gasteiger partial charge in [-0.05, 0) is 0 Å². The van der Waals surface area contributed by atoms with Crippen molar-refractivity contribution in [1.29, 1.82) is 0 Å². The van der Waals surface area contributed by atoms with Crippen LogP contribution in [0.2, 0.25) is 0 Å². The summed E-state index contributed by atoms with van der Waals surface area (Å²) in [4.78, 5) is 13.2. The monoisotopic (exact) mass is 167 g/mol. The molecule has 0 aromatic heterocycles. The van der Waals surface area contributed by atoms with Crippen LogP contribution >= 0.6 is 0 Å². The van der Waals surface area contributed by atoms with Crippen LogP contribution in [0, 0.1) is 0 Å². The molecule has 0 bridgehead atoms. The largest absolute Gasteiger partial charge is 0.450 e. The number of carbonyl (C=O) groups is 1. The highest BCUT2D eigenvalue weighted by Crippen LogP contribution is 2.15. The summed E-state index contributed by atoms with van der Waals surface area (Å²) in [5.41, 5.74) is 3.43. The fourth-order valence-corrected chi connectivity index (χ4v) is 0.519. The van der Waals surface area contributed by atoms with Crippen molar-refractivity contribution in [3.05, 3.63) is 0 Å². The molecule has 1 aliphatic heterocycles. The maximum absolute atomic E-state index is 11.7. The summed E-state index contributed by atoms with van der Waals surface area (Å²) in [6.45, 7) is -0.484. The van der Waals surface area contributed by atoms with E-state index in [2.05, 4.69) is 4.99 Å².